The third kappa shape index (κ3) is 2.82. The predicted octanol–water partition coefficient (Wildman–Crippen LogP) is 0.604. The van der Waals surface area contributed by atoms with Crippen LogP contribution in [0.1, 0.15) is 25.6 Å². The molecule has 0 radical (unpaired) electrons. The summed E-state index contributed by atoms with van der Waals surface area (Å²) in [5.41, 5.74) is 0. The number of aromatic nitrogens is 2. The summed E-state index contributed by atoms with van der Waals surface area (Å²) in [4.78, 5) is 4.17. The molecule has 1 aromatic rings. The highest BCUT2D eigenvalue weighted by molar-refractivity contribution is 7.89. The zero-order chi connectivity index (χ0) is 14.0. The van der Waals surface area contributed by atoms with E-state index in [9.17, 15) is 8.42 Å². The van der Waals surface area contributed by atoms with Crippen LogP contribution in [-0.2, 0) is 16.6 Å². The van der Waals surface area contributed by atoms with Crippen LogP contribution >= 0.6 is 0 Å². The molecule has 1 aromatic heterocycles. The molecule has 1 N–H and O–H groups in total. The Morgan fingerprint density at radius 2 is 2.26 bits per heavy atom. The van der Waals surface area contributed by atoms with Crippen LogP contribution in [0.25, 0.3) is 0 Å². The Kier molecular flexibility index (Phi) is 4.27. The van der Waals surface area contributed by atoms with Crippen molar-refractivity contribution in [2.45, 2.75) is 38.3 Å². The first kappa shape index (κ1) is 14.5. The zero-order valence-electron chi connectivity index (χ0n) is 11.4. The van der Waals surface area contributed by atoms with E-state index in [-0.39, 0.29) is 17.6 Å². The van der Waals surface area contributed by atoms with Crippen LogP contribution in [0.5, 0.6) is 0 Å². The second-order valence-corrected chi connectivity index (χ2v) is 6.90. The number of aliphatic hydroxyl groups is 1. The molecule has 0 aromatic carbocycles. The van der Waals surface area contributed by atoms with E-state index in [2.05, 4.69) is 4.98 Å². The average molecular weight is 287 g/mol. The Labute approximate surface area is 114 Å². The summed E-state index contributed by atoms with van der Waals surface area (Å²) in [6.07, 6.45) is 3.26. The van der Waals surface area contributed by atoms with Gasteiger partial charge in [-0.2, -0.15) is 4.31 Å². The van der Waals surface area contributed by atoms with Crippen LogP contribution in [0.2, 0.25) is 0 Å². The topological polar surface area (TPSA) is 75.4 Å². The minimum Gasteiger partial charge on any atom is -0.396 e. The van der Waals surface area contributed by atoms with Gasteiger partial charge in [-0.15, -0.1) is 0 Å². The van der Waals surface area contributed by atoms with E-state index in [1.165, 1.54) is 4.31 Å². The molecule has 1 aliphatic heterocycles. The van der Waals surface area contributed by atoms with Gasteiger partial charge in [-0.1, -0.05) is 6.92 Å². The number of hydrogen-bond acceptors (Lipinski definition) is 4. The fourth-order valence-electron chi connectivity index (χ4n) is 2.37. The molecule has 2 heterocycles. The fourth-order valence-corrected chi connectivity index (χ4v) is 3.89. The van der Waals surface area contributed by atoms with E-state index >= 15 is 0 Å². The summed E-state index contributed by atoms with van der Waals surface area (Å²) in [7, 11) is -3.51. The van der Waals surface area contributed by atoms with Gasteiger partial charge in [0.2, 0.25) is 0 Å². The lowest BCUT2D eigenvalue weighted by Crippen LogP contribution is -2.29. The maximum atomic E-state index is 12.4. The van der Waals surface area contributed by atoms with Crippen LogP contribution in [-0.4, -0.2) is 47.1 Å². The van der Waals surface area contributed by atoms with E-state index in [4.69, 9.17) is 5.11 Å². The molecule has 1 aliphatic rings. The quantitative estimate of drug-likeness (QED) is 0.860. The summed E-state index contributed by atoms with van der Waals surface area (Å²) in [5.74, 6) is 0.770. The third-order valence-electron chi connectivity index (χ3n) is 3.53. The largest absolute Gasteiger partial charge is 0.396 e. The third-order valence-corrected chi connectivity index (χ3v) is 5.27. The monoisotopic (exact) mass is 287 g/mol. The summed E-state index contributed by atoms with van der Waals surface area (Å²) >= 11 is 0. The van der Waals surface area contributed by atoms with Crippen molar-refractivity contribution in [1.29, 1.82) is 0 Å². The van der Waals surface area contributed by atoms with Crippen LogP contribution in [0.3, 0.4) is 0 Å². The van der Waals surface area contributed by atoms with Crippen molar-refractivity contribution in [1.82, 2.24) is 13.9 Å². The maximum absolute atomic E-state index is 12.4. The molecule has 108 valence electrons. The molecule has 19 heavy (non-hydrogen) atoms. The Hall–Kier alpha value is -0.920. The van der Waals surface area contributed by atoms with Gasteiger partial charge in [0.05, 0.1) is 0 Å². The van der Waals surface area contributed by atoms with Gasteiger partial charge < -0.3 is 9.67 Å². The highest BCUT2D eigenvalue weighted by Gasteiger charge is 2.33. The second-order valence-electron chi connectivity index (χ2n) is 5.02. The number of hydrogen-bond donors (Lipinski definition) is 1. The number of imidazole rings is 1. The normalized spacial score (nSPS) is 21.1. The summed E-state index contributed by atoms with van der Waals surface area (Å²) in [5, 5.41) is 9.22. The highest BCUT2D eigenvalue weighted by atomic mass is 32.2. The van der Waals surface area contributed by atoms with Gasteiger partial charge in [0.15, 0.2) is 5.03 Å². The molecule has 0 bridgehead atoms. The first-order chi connectivity index (χ1) is 8.98. The van der Waals surface area contributed by atoms with E-state index in [0.29, 0.717) is 19.5 Å². The molecular formula is C12H21N3O3S. The lowest BCUT2D eigenvalue weighted by molar-refractivity contribution is 0.233. The van der Waals surface area contributed by atoms with Crippen LogP contribution in [0, 0.1) is 12.8 Å². The number of aliphatic hydroxyl groups excluding tert-OH is 1. The zero-order valence-corrected chi connectivity index (χ0v) is 12.2. The van der Waals surface area contributed by atoms with Crippen LogP contribution in [0.4, 0.5) is 0 Å². The van der Waals surface area contributed by atoms with Crippen molar-refractivity contribution in [2.24, 2.45) is 5.92 Å². The molecule has 1 saturated heterocycles. The smallest absolute Gasteiger partial charge is 0.262 e. The molecule has 1 fully saturated rings. The lowest BCUT2D eigenvalue weighted by atomic mass is 10.1. The summed E-state index contributed by atoms with van der Waals surface area (Å²) in [6, 6.07) is 0. The molecule has 1 atom stereocenters. The van der Waals surface area contributed by atoms with Gasteiger partial charge in [0.25, 0.3) is 10.0 Å². The first-order valence-corrected chi connectivity index (χ1v) is 8.07. The van der Waals surface area contributed by atoms with E-state index in [1.807, 2.05) is 18.4 Å². The van der Waals surface area contributed by atoms with Gasteiger partial charge >= 0.3 is 0 Å². The van der Waals surface area contributed by atoms with Gasteiger partial charge in [-0.3, -0.25) is 0 Å². The first-order valence-electron chi connectivity index (χ1n) is 6.63. The minimum atomic E-state index is -3.51. The van der Waals surface area contributed by atoms with E-state index < -0.39 is 10.0 Å². The van der Waals surface area contributed by atoms with Crippen LogP contribution < -0.4 is 0 Å². The van der Waals surface area contributed by atoms with Crippen molar-refractivity contribution in [2.75, 3.05) is 19.7 Å². The average Bonchev–Trinajstić information content (AvgIpc) is 2.98. The standard InChI is InChI=1S/C12H21N3O3S/c1-3-5-14-8-12(13-10(14)2)19(17,18)15-6-4-11(7-15)9-16/h8,11,16H,3-7,9H2,1-2H3. The predicted molar refractivity (Wildman–Crippen MR) is 71.2 cm³/mol. The second kappa shape index (κ2) is 5.60. The number of rotatable bonds is 5. The van der Waals surface area contributed by atoms with Crippen LogP contribution in [0.15, 0.2) is 11.2 Å². The molecule has 0 spiro atoms. The summed E-state index contributed by atoms with van der Waals surface area (Å²) < 4.78 is 28.2. The minimum absolute atomic E-state index is 0.0370. The van der Waals surface area contributed by atoms with Crippen molar-refractivity contribution in [3.63, 3.8) is 0 Å². The molecule has 6 nitrogen and oxygen atoms in total. The van der Waals surface area contributed by atoms with Crippen molar-refractivity contribution < 1.29 is 13.5 Å². The molecule has 0 aliphatic carbocycles. The SMILES string of the molecule is CCCn1cc(S(=O)(=O)N2CCC(CO)C2)nc1C. The number of sulfonamides is 1. The van der Waals surface area contributed by atoms with E-state index in [1.54, 1.807) is 6.20 Å². The Bertz CT molecular complexity index is 538. The molecule has 0 saturated carbocycles. The number of nitrogens with zero attached hydrogens (tertiary/aromatic N) is 3. The molecular weight excluding hydrogens is 266 g/mol. The molecule has 0 amide bonds. The van der Waals surface area contributed by atoms with Crippen molar-refractivity contribution in [3.05, 3.63) is 12.0 Å². The Balaban J connectivity index is 2.22. The molecule has 1 unspecified atom stereocenters. The Morgan fingerprint density at radius 1 is 1.53 bits per heavy atom. The van der Waals surface area contributed by atoms with E-state index in [0.717, 1.165) is 18.8 Å². The van der Waals surface area contributed by atoms with Crippen molar-refractivity contribution in [3.8, 4) is 0 Å². The van der Waals surface area contributed by atoms with Crippen molar-refractivity contribution >= 4 is 10.0 Å². The maximum Gasteiger partial charge on any atom is 0.262 e. The Morgan fingerprint density at radius 3 is 2.84 bits per heavy atom. The molecule has 2 rings (SSSR count). The van der Waals surface area contributed by atoms with Gasteiger partial charge in [-0.05, 0) is 25.7 Å². The fraction of sp³-hybridized carbons (Fsp3) is 0.750. The van der Waals surface area contributed by atoms with Gasteiger partial charge in [0, 0.05) is 32.4 Å². The highest BCUT2D eigenvalue weighted by Crippen LogP contribution is 2.23. The lowest BCUT2D eigenvalue weighted by Gasteiger charge is -2.14. The number of aryl methyl sites for hydroxylation is 2. The van der Waals surface area contributed by atoms with Gasteiger partial charge in [-0.25, -0.2) is 13.4 Å². The van der Waals surface area contributed by atoms with Gasteiger partial charge in [0.1, 0.15) is 5.82 Å². The molecule has 7 heteroatoms. The summed E-state index contributed by atoms with van der Waals surface area (Å²) in [6.45, 7) is 5.52.